The molecule has 4 rings (SSSR count). The highest BCUT2D eigenvalue weighted by Gasteiger charge is 2.48. The van der Waals surface area contributed by atoms with E-state index in [-0.39, 0.29) is 5.91 Å². The second kappa shape index (κ2) is 4.99. The molecule has 0 radical (unpaired) electrons. The number of fused-ring (bicyclic) bond motifs is 1. The molecule has 3 heterocycles. The van der Waals surface area contributed by atoms with E-state index < -0.39 is 17.2 Å². The van der Waals surface area contributed by atoms with E-state index in [1.54, 1.807) is 16.9 Å². The molecule has 1 amide bonds. The van der Waals surface area contributed by atoms with E-state index >= 15 is 0 Å². The Bertz CT molecular complexity index is 783. The minimum absolute atomic E-state index is 0.0273. The molecule has 0 aliphatic carbocycles. The van der Waals surface area contributed by atoms with Crippen molar-refractivity contribution in [3.63, 3.8) is 0 Å². The number of carbonyl (C=O) groups excluding carboxylic acids is 1. The van der Waals surface area contributed by atoms with Crippen LogP contribution in [0, 0.1) is 5.41 Å². The van der Waals surface area contributed by atoms with E-state index in [2.05, 4.69) is 10.4 Å². The highest BCUT2D eigenvalue weighted by atomic mass is 19.4. The smallest absolute Gasteiger partial charge is 0.355 e. The molecule has 0 bridgehead atoms. The molecule has 8 heteroatoms. The van der Waals surface area contributed by atoms with Crippen molar-refractivity contribution in [2.24, 2.45) is 5.41 Å². The number of carbonyl (C=O) groups is 1. The lowest BCUT2D eigenvalue weighted by Gasteiger charge is -2.39. The Morgan fingerprint density at radius 1 is 1.12 bits per heavy atom. The Hall–Kier alpha value is -2.51. The fraction of sp³-hybridized carbons (Fsp3) is 0.375. The van der Waals surface area contributed by atoms with Gasteiger partial charge in [0.15, 0.2) is 0 Å². The normalized spacial score (nSPS) is 23.5. The van der Waals surface area contributed by atoms with E-state index in [0.717, 1.165) is 18.0 Å². The van der Waals surface area contributed by atoms with E-state index in [1.807, 2.05) is 4.90 Å². The number of anilines is 2. The Balaban J connectivity index is 1.73. The summed E-state index contributed by atoms with van der Waals surface area (Å²) in [5, 5.41) is 7.11. The lowest BCUT2D eigenvalue weighted by molar-refractivity contribution is -0.137. The number of halogens is 3. The zero-order chi connectivity index (χ0) is 16.9. The first-order chi connectivity index (χ1) is 11.4. The van der Waals surface area contributed by atoms with Gasteiger partial charge < -0.3 is 10.2 Å². The third-order valence-electron chi connectivity index (χ3n) is 4.76. The second-order valence-electron chi connectivity index (χ2n) is 6.26. The number of nitrogens with one attached hydrogen (secondary N) is 1. The van der Waals surface area contributed by atoms with Gasteiger partial charge in [0.2, 0.25) is 5.91 Å². The van der Waals surface area contributed by atoms with Gasteiger partial charge >= 0.3 is 6.18 Å². The zero-order valence-electron chi connectivity index (χ0n) is 12.7. The minimum Gasteiger partial charge on any atom is -0.355 e. The molecule has 0 saturated carbocycles. The van der Waals surface area contributed by atoms with Gasteiger partial charge in [-0.25, -0.2) is 4.68 Å². The summed E-state index contributed by atoms with van der Waals surface area (Å²) in [6, 6.07) is 6.80. The van der Waals surface area contributed by atoms with Gasteiger partial charge in [-0.1, -0.05) is 0 Å². The summed E-state index contributed by atoms with van der Waals surface area (Å²) in [5.41, 5.74) is -0.671. The van der Waals surface area contributed by atoms with Gasteiger partial charge in [0, 0.05) is 24.8 Å². The van der Waals surface area contributed by atoms with Crippen LogP contribution in [0.5, 0.6) is 0 Å². The predicted octanol–water partition coefficient (Wildman–Crippen LogP) is 2.56. The molecule has 126 valence electrons. The summed E-state index contributed by atoms with van der Waals surface area (Å²) in [6.07, 6.45) is -2.05. The summed E-state index contributed by atoms with van der Waals surface area (Å²) in [7, 11) is 0. The SMILES string of the molecule is O=C1NCCC12CN(c1ccc(C(F)(F)F)cc1)c1ccnn1C2. The largest absolute Gasteiger partial charge is 0.416 e. The average Bonchev–Trinajstić information content (AvgIpc) is 3.14. The van der Waals surface area contributed by atoms with E-state index in [1.165, 1.54) is 12.1 Å². The fourth-order valence-electron chi connectivity index (χ4n) is 3.47. The van der Waals surface area contributed by atoms with Crippen LogP contribution in [0.2, 0.25) is 0 Å². The van der Waals surface area contributed by atoms with Gasteiger partial charge in [-0.05, 0) is 30.7 Å². The van der Waals surface area contributed by atoms with E-state index in [4.69, 9.17) is 0 Å². The number of nitrogens with zero attached hydrogens (tertiary/aromatic N) is 3. The van der Waals surface area contributed by atoms with Crippen molar-refractivity contribution in [2.45, 2.75) is 19.1 Å². The van der Waals surface area contributed by atoms with Crippen molar-refractivity contribution in [3.8, 4) is 0 Å². The Morgan fingerprint density at radius 2 is 1.88 bits per heavy atom. The van der Waals surface area contributed by atoms with Crippen LogP contribution in [0.25, 0.3) is 0 Å². The van der Waals surface area contributed by atoms with Crippen molar-refractivity contribution in [3.05, 3.63) is 42.1 Å². The molecule has 24 heavy (non-hydrogen) atoms. The maximum Gasteiger partial charge on any atom is 0.416 e. The van der Waals surface area contributed by atoms with Crippen molar-refractivity contribution >= 4 is 17.4 Å². The molecule has 1 saturated heterocycles. The number of aromatic nitrogens is 2. The third-order valence-corrected chi connectivity index (χ3v) is 4.76. The number of hydrogen-bond donors (Lipinski definition) is 1. The molecule has 5 nitrogen and oxygen atoms in total. The Labute approximate surface area is 136 Å². The first kappa shape index (κ1) is 15.0. The van der Waals surface area contributed by atoms with Crippen molar-refractivity contribution in [2.75, 3.05) is 18.0 Å². The van der Waals surface area contributed by atoms with Crippen LogP contribution in [0.1, 0.15) is 12.0 Å². The fourth-order valence-corrected chi connectivity index (χ4v) is 3.47. The van der Waals surface area contributed by atoms with Crippen LogP contribution in [-0.2, 0) is 17.5 Å². The van der Waals surface area contributed by atoms with E-state index in [9.17, 15) is 18.0 Å². The predicted molar refractivity (Wildman–Crippen MR) is 80.7 cm³/mol. The molecule has 2 aromatic rings. The molecule has 2 aliphatic heterocycles. The molecule has 1 fully saturated rings. The lowest BCUT2D eigenvalue weighted by atomic mass is 9.84. The number of benzene rings is 1. The highest BCUT2D eigenvalue weighted by molar-refractivity contribution is 5.86. The maximum absolute atomic E-state index is 12.8. The van der Waals surface area contributed by atoms with Crippen LogP contribution in [0.3, 0.4) is 0 Å². The monoisotopic (exact) mass is 336 g/mol. The van der Waals surface area contributed by atoms with Gasteiger partial charge in [-0.3, -0.25) is 4.79 Å². The van der Waals surface area contributed by atoms with E-state index in [0.29, 0.717) is 31.7 Å². The zero-order valence-corrected chi connectivity index (χ0v) is 12.7. The van der Waals surface area contributed by atoms with Crippen LogP contribution >= 0.6 is 0 Å². The number of alkyl halides is 3. The van der Waals surface area contributed by atoms with Crippen molar-refractivity contribution < 1.29 is 18.0 Å². The Morgan fingerprint density at radius 3 is 2.50 bits per heavy atom. The van der Waals surface area contributed by atoms with Crippen LogP contribution < -0.4 is 10.2 Å². The first-order valence-electron chi connectivity index (χ1n) is 7.64. The molecule has 1 unspecified atom stereocenters. The van der Waals surface area contributed by atoms with Crippen LogP contribution in [0.15, 0.2) is 36.5 Å². The topological polar surface area (TPSA) is 50.2 Å². The summed E-state index contributed by atoms with van der Waals surface area (Å²) >= 11 is 0. The quantitative estimate of drug-likeness (QED) is 0.871. The molecule has 1 aromatic heterocycles. The van der Waals surface area contributed by atoms with Gasteiger partial charge in [0.05, 0.1) is 23.7 Å². The summed E-state index contributed by atoms with van der Waals surface area (Å²) in [6.45, 7) is 1.52. The number of hydrogen-bond acceptors (Lipinski definition) is 3. The second-order valence-corrected chi connectivity index (χ2v) is 6.26. The standard InChI is InChI=1S/C16H15F3N4O/c17-16(18,19)11-1-3-12(4-2-11)22-9-15(6-8-20-14(15)24)10-23-13(22)5-7-21-23/h1-5,7H,6,8-10H2,(H,20,24). The third kappa shape index (κ3) is 2.24. The lowest BCUT2D eigenvalue weighted by Crippen LogP contribution is -2.48. The molecule has 1 atom stereocenters. The molecular weight excluding hydrogens is 321 g/mol. The number of rotatable bonds is 1. The summed E-state index contributed by atoms with van der Waals surface area (Å²) in [5.74, 6) is 0.751. The summed E-state index contributed by atoms with van der Waals surface area (Å²) < 4.78 is 40.0. The first-order valence-corrected chi connectivity index (χ1v) is 7.64. The minimum atomic E-state index is -4.37. The molecular formula is C16H15F3N4O. The van der Waals surface area contributed by atoms with Crippen molar-refractivity contribution in [1.82, 2.24) is 15.1 Å². The van der Waals surface area contributed by atoms with Gasteiger partial charge in [0.1, 0.15) is 5.82 Å². The van der Waals surface area contributed by atoms with Gasteiger partial charge in [-0.15, -0.1) is 0 Å². The maximum atomic E-state index is 12.8. The molecule has 1 N–H and O–H groups in total. The molecule has 2 aliphatic rings. The highest BCUT2D eigenvalue weighted by Crippen LogP contribution is 2.41. The van der Waals surface area contributed by atoms with Gasteiger partial charge in [0.25, 0.3) is 0 Å². The number of amides is 1. The molecule has 1 spiro atoms. The van der Waals surface area contributed by atoms with Crippen molar-refractivity contribution in [1.29, 1.82) is 0 Å². The van der Waals surface area contributed by atoms with Crippen LogP contribution in [0.4, 0.5) is 24.7 Å². The van der Waals surface area contributed by atoms with Gasteiger partial charge in [-0.2, -0.15) is 18.3 Å². The van der Waals surface area contributed by atoms with Crippen LogP contribution in [-0.4, -0.2) is 28.8 Å². The Kier molecular flexibility index (Phi) is 3.13. The molecule has 1 aromatic carbocycles. The summed E-state index contributed by atoms with van der Waals surface area (Å²) in [4.78, 5) is 14.2. The average molecular weight is 336 g/mol.